The lowest BCUT2D eigenvalue weighted by Gasteiger charge is -2.19. The van der Waals surface area contributed by atoms with Gasteiger partial charge in [0.25, 0.3) is 0 Å². The molecule has 1 heterocycles. The predicted molar refractivity (Wildman–Crippen MR) is 105 cm³/mol. The molecule has 0 saturated carbocycles. The van der Waals surface area contributed by atoms with Crippen molar-refractivity contribution in [1.82, 2.24) is 0 Å². The molecule has 0 aromatic heterocycles. The maximum atomic E-state index is 5.84. The van der Waals surface area contributed by atoms with Crippen LogP contribution in [0, 0.1) is 5.92 Å². The molecule has 0 aliphatic carbocycles. The maximum Gasteiger partial charge on any atom is 0.180 e. The Kier molecular flexibility index (Phi) is 15.5. The van der Waals surface area contributed by atoms with Gasteiger partial charge in [0, 0.05) is 27.4 Å². The minimum atomic E-state index is -0.268. The first-order valence-corrected chi connectivity index (χ1v) is 10.6. The lowest BCUT2D eigenvalue weighted by Crippen LogP contribution is -2.22. The van der Waals surface area contributed by atoms with Gasteiger partial charge in [0.05, 0.1) is 19.8 Å². The maximum absolute atomic E-state index is 5.84. The van der Waals surface area contributed by atoms with Crippen LogP contribution in [0.4, 0.5) is 0 Å². The second-order valence-electron chi connectivity index (χ2n) is 7.39. The normalized spacial score (nSPS) is 17.8. The van der Waals surface area contributed by atoms with E-state index in [1.165, 1.54) is 51.4 Å². The molecule has 0 spiro atoms. The highest BCUT2D eigenvalue weighted by molar-refractivity contribution is 4.67. The Labute approximate surface area is 161 Å². The standard InChI is InChI=1S/C21H42O5/c1-4-5-6-7-8-9-10-12-19(15-25-18-21(22-2)23-3)13-11-14-24-16-20-17-26-20/h19-21H,4-18H2,1-3H3. The number of rotatable bonds is 20. The summed E-state index contributed by atoms with van der Waals surface area (Å²) in [7, 11) is 3.29. The first kappa shape index (κ1) is 23.8. The summed E-state index contributed by atoms with van der Waals surface area (Å²) in [6, 6.07) is 0. The van der Waals surface area contributed by atoms with Crippen LogP contribution >= 0.6 is 0 Å². The van der Waals surface area contributed by atoms with Crippen LogP contribution in [0.15, 0.2) is 0 Å². The monoisotopic (exact) mass is 374 g/mol. The van der Waals surface area contributed by atoms with E-state index in [-0.39, 0.29) is 6.29 Å². The van der Waals surface area contributed by atoms with Crippen LogP contribution in [0.2, 0.25) is 0 Å². The molecule has 2 unspecified atom stereocenters. The molecule has 2 atom stereocenters. The summed E-state index contributed by atoms with van der Waals surface area (Å²) in [4.78, 5) is 0. The SMILES string of the molecule is CCCCCCCCCC(CCCOCC1CO1)COCC(OC)OC. The Morgan fingerprint density at radius 1 is 0.846 bits per heavy atom. The van der Waals surface area contributed by atoms with E-state index in [2.05, 4.69) is 6.92 Å². The van der Waals surface area contributed by atoms with Gasteiger partial charge >= 0.3 is 0 Å². The van der Waals surface area contributed by atoms with E-state index in [1.54, 1.807) is 14.2 Å². The minimum absolute atomic E-state index is 0.268. The van der Waals surface area contributed by atoms with Crippen LogP contribution in [0.5, 0.6) is 0 Å². The van der Waals surface area contributed by atoms with Crippen molar-refractivity contribution >= 4 is 0 Å². The Balaban J connectivity index is 2.11. The smallest absolute Gasteiger partial charge is 0.180 e. The Bertz CT molecular complexity index is 292. The summed E-state index contributed by atoms with van der Waals surface area (Å²) in [6.45, 7) is 5.99. The third kappa shape index (κ3) is 13.9. The number of ether oxygens (including phenoxy) is 5. The summed E-state index contributed by atoms with van der Waals surface area (Å²) < 4.78 is 27.0. The second-order valence-corrected chi connectivity index (χ2v) is 7.39. The third-order valence-corrected chi connectivity index (χ3v) is 4.96. The average Bonchev–Trinajstić information content (AvgIpc) is 3.48. The molecule has 5 heteroatoms. The fraction of sp³-hybridized carbons (Fsp3) is 1.00. The molecule has 5 nitrogen and oxygen atoms in total. The molecular formula is C21H42O5. The van der Waals surface area contributed by atoms with Crippen molar-refractivity contribution in [2.45, 2.75) is 83.5 Å². The van der Waals surface area contributed by atoms with E-state index < -0.39 is 0 Å². The highest BCUT2D eigenvalue weighted by atomic mass is 16.7. The molecule has 0 bridgehead atoms. The van der Waals surface area contributed by atoms with Crippen molar-refractivity contribution in [2.24, 2.45) is 5.92 Å². The molecular weight excluding hydrogens is 332 g/mol. The Morgan fingerprint density at radius 2 is 1.50 bits per heavy atom. The van der Waals surface area contributed by atoms with Gasteiger partial charge in [0.2, 0.25) is 0 Å². The van der Waals surface area contributed by atoms with Gasteiger partial charge in [-0.05, 0) is 25.2 Å². The van der Waals surface area contributed by atoms with Gasteiger partial charge in [-0.25, -0.2) is 0 Å². The van der Waals surface area contributed by atoms with E-state index >= 15 is 0 Å². The summed E-state index contributed by atoms with van der Waals surface area (Å²) in [6.07, 6.45) is 13.1. The van der Waals surface area contributed by atoms with Crippen LogP contribution in [0.1, 0.15) is 71.1 Å². The van der Waals surface area contributed by atoms with E-state index in [4.69, 9.17) is 23.7 Å². The lowest BCUT2D eigenvalue weighted by atomic mass is 9.96. The van der Waals surface area contributed by atoms with E-state index in [0.29, 0.717) is 18.6 Å². The fourth-order valence-corrected chi connectivity index (χ4v) is 3.12. The van der Waals surface area contributed by atoms with Crippen molar-refractivity contribution in [1.29, 1.82) is 0 Å². The van der Waals surface area contributed by atoms with Crippen LogP contribution in [0.25, 0.3) is 0 Å². The molecule has 0 N–H and O–H groups in total. The molecule has 0 aromatic carbocycles. The largest absolute Gasteiger partial charge is 0.379 e. The summed E-state index contributed by atoms with van der Waals surface area (Å²) in [5.41, 5.74) is 0. The molecule has 1 aliphatic rings. The van der Waals surface area contributed by atoms with Gasteiger partial charge in [0.15, 0.2) is 6.29 Å². The zero-order valence-corrected chi connectivity index (χ0v) is 17.4. The highest BCUT2D eigenvalue weighted by Crippen LogP contribution is 2.18. The van der Waals surface area contributed by atoms with Gasteiger partial charge in [-0.2, -0.15) is 0 Å². The van der Waals surface area contributed by atoms with Crippen LogP contribution < -0.4 is 0 Å². The van der Waals surface area contributed by atoms with Gasteiger partial charge in [0.1, 0.15) is 6.10 Å². The average molecular weight is 375 g/mol. The molecule has 1 saturated heterocycles. The topological polar surface area (TPSA) is 49.5 Å². The minimum Gasteiger partial charge on any atom is -0.379 e. The van der Waals surface area contributed by atoms with Crippen molar-refractivity contribution in [3.8, 4) is 0 Å². The quantitative estimate of drug-likeness (QED) is 0.177. The highest BCUT2D eigenvalue weighted by Gasteiger charge is 2.22. The molecule has 0 aromatic rings. The van der Waals surface area contributed by atoms with Crippen molar-refractivity contribution < 1.29 is 23.7 Å². The number of hydrogen-bond donors (Lipinski definition) is 0. The van der Waals surface area contributed by atoms with E-state index in [9.17, 15) is 0 Å². The van der Waals surface area contributed by atoms with E-state index in [1.807, 2.05) is 0 Å². The predicted octanol–water partition coefficient (Wildman–Crippen LogP) is 4.57. The van der Waals surface area contributed by atoms with Crippen LogP contribution in [-0.2, 0) is 23.7 Å². The van der Waals surface area contributed by atoms with E-state index in [0.717, 1.165) is 39.3 Å². The first-order chi connectivity index (χ1) is 12.8. The molecule has 0 radical (unpaired) electrons. The van der Waals surface area contributed by atoms with Crippen LogP contribution in [-0.4, -0.2) is 59.6 Å². The number of methoxy groups -OCH3 is 2. The lowest BCUT2D eigenvalue weighted by molar-refractivity contribution is -0.143. The number of epoxide rings is 1. The van der Waals surface area contributed by atoms with Crippen LogP contribution in [0.3, 0.4) is 0 Å². The molecule has 156 valence electrons. The summed E-state index contributed by atoms with van der Waals surface area (Å²) in [5.74, 6) is 0.598. The fourth-order valence-electron chi connectivity index (χ4n) is 3.12. The van der Waals surface area contributed by atoms with Gasteiger partial charge in [-0.3, -0.25) is 0 Å². The molecule has 26 heavy (non-hydrogen) atoms. The number of unbranched alkanes of at least 4 members (excludes halogenated alkanes) is 6. The molecule has 1 rings (SSSR count). The molecule has 0 amide bonds. The van der Waals surface area contributed by atoms with Gasteiger partial charge in [-0.1, -0.05) is 51.9 Å². The van der Waals surface area contributed by atoms with Crippen molar-refractivity contribution in [2.75, 3.05) is 47.3 Å². The van der Waals surface area contributed by atoms with Crippen molar-refractivity contribution in [3.63, 3.8) is 0 Å². The second kappa shape index (κ2) is 16.9. The van der Waals surface area contributed by atoms with Crippen molar-refractivity contribution in [3.05, 3.63) is 0 Å². The summed E-state index contributed by atoms with van der Waals surface area (Å²) in [5, 5.41) is 0. The first-order valence-electron chi connectivity index (χ1n) is 10.6. The Hall–Kier alpha value is -0.200. The zero-order chi connectivity index (χ0) is 18.9. The van der Waals surface area contributed by atoms with Gasteiger partial charge < -0.3 is 23.7 Å². The molecule has 1 fully saturated rings. The number of hydrogen-bond acceptors (Lipinski definition) is 5. The van der Waals surface area contributed by atoms with Gasteiger partial charge in [-0.15, -0.1) is 0 Å². The zero-order valence-electron chi connectivity index (χ0n) is 17.4. The third-order valence-electron chi connectivity index (χ3n) is 4.96. The summed E-state index contributed by atoms with van der Waals surface area (Å²) >= 11 is 0. The Morgan fingerprint density at radius 3 is 2.15 bits per heavy atom. The molecule has 1 aliphatic heterocycles.